The number of nitrogens with two attached hydrogens (primary N) is 1. The number of hydrogen-bond donors (Lipinski definition) is 1. The second-order valence-corrected chi connectivity index (χ2v) is 4.76. The van der Waals surface area contributed by atoms with E-state index in [0.717, 1.165) is 34.5 Å². The zero-order chi connectivity index (χ0) is 11.1. The molecule has 1 heterocycles. The van der Waals surface area contributed by atoms with Crippen LogP contribution >= 0.6 is 24.0 Å². The van der Waals surface area contributed by atoms with Gasteiger partial charge in [-0.05, 0) is 49.4 Å². The summed E-state index contributed by atoms with van der Waals surface area (Å²) in [6.07, 6.45) is 4.54. The van der Waals surface area contributed by atoms with Gasteiger partial charge in [-0.1, -0.05) is 11.6 Å². The van der Waals surface area contributed by atoms with Crippen molar-refractivity contribution in [3.8, 4) is 0 Å². The molecule has 2 nitrogen and oxygen atoms in total. The van der Waals surface area contributed by atoms with Gasteiger partial charge in [-0.25, -0.2) is 0 Å². The van der Waals surface area contributed by atoms with Crippen molar-refractivity contribution in [2.45, 2.75) is 25.7 Å². The summed E-state index contributed by atoms with van der Waals surface area (Å²) < 4.78 is 0. The average Bonchev–Trinajstić information content (AvgIpc) is 2.31. The van der Waals surface area contributed by atoms with E-state index in [-0.39, 0.29) is 12.4 Å². The number of benzene rings is 1. The van der Waals surface area contributed by atoms with E-state index in [1.54, 1.807) is 0 Å². The van der Waals surface area contributed by atoms with Gasteiger partial charge in [-0.3, -0.25) is 4.98 Å². The van der Waals surface area contributed by atoms with Crippen LogP contribution in [0, 0.1) is 0 Å². The molecule has 0 bridgehead atoms. The minimum absolute atomic E-state index is 0. The van der Waals surface area contributed by atoms with Crippen LogP contribution in [0.25, 0.3) is 10.9 Å². The van der Waals surface area contributed by atoms with Crippen LogP contribution in [-0.4, -0.2) is 4.98 Å². The zero-order valence-electron chi connectivity index (χ0n) is 9.37. The minimum Gasteiger partial charge on any atom is -0.398 e. The Morgan fingerprint density at radius 2 is 1.94 bits per heavy atom. The molecule has 0 atom stereocenters. The summed E-state index contributed by atoms with van der Waals surface area (Å²) in [4.78, 5) is 4.68. The van der Waals surface area contributed by atoms with Crippen molar-refractivity contribution in [2.24, 2.45) is 0 Å². The molecule has 90 valence electrons. The summed E-state index contributed by atoms with van der Waals surface area (Å²) in [7, 11) is 0. The quantitative estimate of drug-likeness (QED) is 0.790. The molecule has 2 aromatic rings. The first-order valence-electron chi connectivity index (χ1n) is 5.62. The number of aryl methyl sites for hydroxylation is 1. The summed E-state index contributed by atoms with van der Waals surface area (Å²) in [5, 5.41) is 1.71. The van der Waals surface area contributed by atoms with Crippen LogP contribution in [0.1, 0.15) is 24.1 Å². The lowest BCUT2D eigenvalue weighted by molar-refractivity contribution is 0.673. The standard InChI is InChI=1S/C13H13ClN2.ClH/c14-8-5-6-12-10(7-8)13(15)9-3-1-2-4-11(9)16-12;/h5-7H,1-4H2,(H2,15,16);1H. The molecule has 2 N–H and O–H groups in total. The number of pyridine rings is 1. The Morgan fingerprint density at radius 1 is 1.18 bits per heavy atom. The third-order valence-corrected chi connectivity index (χ3v) is 3.50. The second-order valence-electron chi connectivity index (χ2n) is 4.32. The molecular formula is C13H14Cl2N2. The fourth-order valence-electron chi connectivity index (χ4n) is 2.43. The molecule has 1 aliphatic rings. The highest BCUT2D eigenvalue weighted by Crippen LogP contribution is 2.32. The highest BCUT2D eigenvalue weighted by atomic mass is 35.5. The topological polar surface area (TPSA) is 38.9 Å². The lowest BCUT2D eigenvalue weighted by Crippen LogP contribution is -2.09. The number of hydrogen-bond acceptors (Lipinski definition) is 2. The molecular weight excluding hydrogens is 255 g/mol. The van der Waals surface area contributed by atoms with E-state index in [1.165, 1.54) is 24.1 Å². The molecule has 0 aliphatic heterocycles. The van der Waals surface area contributed by atoms with Crippen LogP contribution in [-0.2, 0) is 12.8 Å². The minimum atomic E-state index is 0. The van der Waals surface area contributed by atoms with E-state index in [0.29, 0.717) is 0 Å². The van der Waals surface area contributed by atoms with Gasteiger partial charge < -0.3 is 5.73 Å². The second kappa shape index (κ2) is 4.71. The van der Waals surface area contributed by atoms with E-state index < -0.39 is 0 Å². The van der Waals surface area contributed by atoms with Crippen molar-refractivity contribution < 1.29 is 0 Å². The summed E-state index contributed by atoms with van der Waals surface area (Å²) in [6, 6.07) is 5.72. The number of rotatable bonds is 0. The van der Waals surface area contributed by atoms with Gasteiger partial charge in [0.1, 0.15) is 0 Å². The van der Waals surface area contributed by atoms with Crippen molar-refractivity contribution in [3.05, 3.63) is 34.5 Å². The molecule has 0 unspecified atom stereocenters. The Balaban J connectivity index is 0.00000108. The largest absolute Gasteiger partial charge is 0.398 e. The van der Waals surface area contributed by atoms with Crippen LogP contribution in [0.4, 0.5) is 5.69 Å². The van der Waals surface area contributed by atoms with Crippen molar-refractivity contribution in [1.29, 1.82) is 0 Å². The van der Waals surface area contributed by atoms with Gasteiger partial charge in [0.15, 0.2) is 0 Å². The van der Waals surface area contributed by atoms with Gasteiger partial charge in [0.25, 0.3) is 0 Å². The van der Waals surface area contributed by atoms with Gasteiger partial charge in [0.05, 0.1) is 5.52 Å². The Labute approximate surface area is 112 Å². The molecule has 17 heavy (non-hydrogen) atoms. The number of anilines is 1. The van der Waals surface area contributed by atoms with Gasteiger partial charge >= 0.3 is 0 Å². The molecule has 0 fully saturated rings. The highest BCUT2D eigenvalue weighted by Gasteiger charge is 2.16. The normalized spacial score (nSPS) is 14.2. The predicted octanol–water partition coefficient (Wildman–Crippen LogP) is 3.77. The molecule has 3 rings (SSSR count). The predicted molar refractivity (Wildman–Crippen MR) is 75.1 cm³/mol. The number of fused-ring (bicyclic) bond motifs is 2. The first kappa shape index (κ1) is 12.5. The van der Waals surface area contributed by atoms with E-state index >= 15 is 0 Å². The summed E-state index contributed by atoms with van der Waals surface area (Å²) in [6.45, 7) is 0. The van der Waals surface area contributed by atoms with E-state index in [4.69, 9.17) is 17.3 Å². The van der Waals surface area contributed by atoms with Crippen molar-refractivity contribution >= 4 is 40.6 Å². The molecule has 0 amide bonds. The Hall–Kier alpha value is -0.990. The molecule has 1 aliphatic carbocycles. The molecule has 1 aromatic heterocycles. The van der Waals surface area contributed by atoms with Crippen molar-refractivity contribution in [2.75, 3.05) is 5.73 Å². The Bertz CT molecular complexity index is 567. The van der Waals surface area contributed by atoms with Crippen molar-refractivity contribution in [1.82, 2.24) is 4.98 Å². The molecule has 1 aromatic carbocycles. The van der Waals surface area contributed by atoms with Crippen LogP contribution < -0.4 is 5.73 Å². The maximum atomic E-state index is 6.21. The third kappa shape index (κ3) is 2.07. The summed E-state index contributed by atoms with van der Waals surface area (Å²) in [5.41, 5.74) is 10.5. The van der Waals surface area contributed by atoms with Crippen molar-refractivity contribution in [3.63, 3.8) is 0 Å². The fourth-order valence-corrected chi connectivity index (χ4v) is 2.60. The third-order valence-electron chi connectivity index (χ3n) is 3.27. The molecule has 0 radical (unpaired) electrons. The fraction of sp³-hybridized carbons (Fsp3) is 0.308. The van der Waals surface area contributed by atoms with Crippen LogP contribution in [0.5, 0.6) is 0 Å². The number of nitrogens with zero attached hydrogens (tertiary/aromatic N) is 1. The maximum absolute atomic E-state index is 6.21. The molecule has 4 heteroatoms. The van der Waals surface area contributed by atoms with Crippen LogP contribution in [0.2, 0.25) is 5.02 Å². The average molecular weight is 269 g/mol. The molecule has 0 saturated heterocycles. The lowest BCUT2D eigenvalue weighted by Gasteiger charge is -2.18. The summed E-state index contributed by atoms with van der Waals surface area (Å²) >= 11 is 5.99. The SMILES string of the molecule is Cl.Nc1c2c(nc3ccc(Cl)cc13)CCCC2. The monoisotopic (exact) mass is 268 g/mol. The van der Waals surface area contributed by atoms with E-state index in [9.17, 15) is 0 Å². The van der Waals surface area contributed by atoms with Gasteiger partial charge in [0.2, 0.25) is 0 Å². The Morgan fingerprint density at radius 3 is 2.76 bits per heavy atom. The number of halogens is 2. The van der Waals surface area contributed by atoms with Gasteiger partial charge in [-0.15, -0.1) is 12.4 Å². The van der Waals surface area contributed by atoms with E-state index in [1.807, 2.05) is 18.2 Å². The number of aromatic nitrogens is 1. The first-order chi connectivity index (χ1) is 7.75. The van der Waals surface area contributed by atoms with Gasteiger partial charge in [0, 0.05) is 21.8 Å². The highest BCUT2D eigenvalue weighted by molar-refractivity contribution is 6.31. The van der Waals surface area contributed by atoms with E-state index in [2.05, 4.69) is 4.98 Å². The first-order valence-corrected chi connectivity index (χ1v) is 6.00. The summed E-state index contributed by atoms with van der Waals surface area (Å²) in [5.74, 6) is 0. The lowest BCUT2D eigenvalue weighted by atomic mass is 9.93. The zero-order valence-corrected chi connectivity index (χ0v) is 10.9. The smallest absolute Gasteiger partial charge is 0.0727 e. The molecule has 0 saturated carbocycles. The van der Waals surface area contributed by atoms with Crippen LogP contribution in [0.3, 0.4) is 0 Å². The van der Waals surface area contributed by atoms with Crippen LogP contribution in [0.15, 0.2) is 18.2 Å². The maximum Gasteiger partial charge on any atom is 0.0727 e. The Kier molecular flexibility index (Phi) is 3.45. The number of nitrogen functional groups attached to an aromatic ring is 1. The molecule has 0 spiro atoms. The van der Waals surface area contributed by atoms with Gasteiger partial charge in [-0.2, -0.15) is 0 Å².